The van der Waals surface area contributed by atoms with Crippen LogP contribution in [-0.4, -0.2) is 23.5 Å². The number of halogens is 2. The van der Waals surface area contributed by atoms with Crippen molar-refractivity contribution >= 4 is 11.9 Å². The summed E-state index contributed by atoms with van der Waals surface area (Å²) in [6.07, 6.45) is -0.0985. The van der Waals surface area contributed by atoms with Crippen LogP contribution in [0.15, 0.2) is 48.5 Å². The molecule has 4 nitrogen and oxygen atoms in total. The minimum Gasteiger partial charge on any atom is -0.481 e. The lowest BCUT2D eigenvalue weighted by molar-refractivity contribution is -0.144. The molecule has 0 saturated carbocycles. The average Bonchev–Trinajstić information content (AvgIpc) is 2.60. The molecule has 0 aliphatic rings. The molecule has 2 N–H and O–H groups in total. The van der Waals surface area contributed by atoms with E-state index in [1.54, 1.807) is 37.3 Å². The highest BCUT2D eigenvalue weighted by Crippen LogP contribution is 2.28. The van der Waals surface area contributed by atoms with E-state index < -0.39 is 28.9 Å². The maximum atomic E-state index is 13.6. The molecule has 0 spiro atoms. The number of benzene rings is 2. The van der Waals surface area contributed by atoms with Gasteiger partial charge in [0.05, 0.1) is 6.42 Å². The van der Waals surface area contributed by atoms with Gasteiger partial charge in [0.25, 0.3) is 0 Å². The summed E-state index contributed by atoms with van der Waals surface area (Å²) in [5, 5.41) is 12.2. The van der Waals surface area contributed by atoms with E-state index in [4.69, 9.17) is 0 Å². The molecule has 0 saturated heterocycles. The van der Waals surface area contributed by atoms with Gasteiger partial charge in [-0.2, -0.15) is 0 Å². The van der Waals surface area contributed by atoms with Crippen LogP contribution in [0.1, 0.15) is 24.5 Å². The van der Waals surface area contributed by atoms with Gasteiger partial charge in [-0.25, -0.2) is 8.78 Å². The minimum absolute atomic E-state index is 0.0744. The molecule has 2 aromatic carbocycles. The van der Waals surface area contributed by atoms with E-state index in [0.29, 0.717) is 5.56 Å². The third-order valence-electron chi connectivity index (χ3n) is 4.29. The van der Waals surface area contributed by atoms with Crippen molar-refractivity contribution in [1.82, 2.24) is 5.32 Å². The third-order valence-corrected chi connectivity index (χ3v) is 4.29. The smallest absolute Gasteiger partial charge is 0.315 e. The molecule has 1 amide bonds. The molecule has 1 atom stereocenters. The molecule has 0 radical (unpaired) electrons. The van der Waals surface area contributed by atoms with Crippen LogP contribution < -0.4 is 5.32 Å². The summed E-state index contributed by atoms with van der Waals surface area (Å²) >= 11 is 0. The maximum Gasteiger partial charge on any atom is 0.315 e. The molecule has 2 aromatic rings. The number of hydrogen-bond donors (Lipinski definition) is 2. The van der Waals surface area contributed by atoms with Crippen LogP contribution in [0.5, 0.6) is 0 Å². The van der Waals surface area contributed by atoms with E-state index in [1.807, 2.05) is 0 Å². The van der Waals surface area contributed by atoms with Gasteiger partial charge in [0.1, 0.15) is 17.0 Å². The normalized spacial score (nSPS) is 13.1. The Morgan fingerprint density at radius 2 is 1.80 bits per heavy atom. The number of hydrogen-bond acceptors (Lipinski definition) is 2. The largest absolute Gasteiger partial charge is 0.481 e. The molecule has 2 rings (SSSR count). The summed E-state index contributed by atoms with van der Waals surface area (Å²) in [6.45, 7) is 1.58. The Hall–Kier alpha value is -2.76. The zero-order chi connectivity index (χ0) is 18.4. The van der Waals surface area contributed by atoms with Crippen LogP contribution in [-0.2, 0) is 21.4 Å². The van der Waals surface area contributed by atoms with Gasteiger partial charge in [-0.3, -0.25) is 9.59 Å². The van der Waals surface area contributed by atoms with E-state index in [0.717, 1.165) is 18.2 Å². The summed E-state index contributed by atoms with van der Waals surface area (Å²) in [7, 11) is 0. The summed E-state index contributed by atoms with van der Waals surface area (Å²) < 4.78 is 26.8. The van der Waals surface area contributed by atoms with Gasteiger partial charge >= 0.3 is 5.97 Å². The Bertz CT molecular complexity index is 765. The molecule has 1 unspecified atom stereocenters. The van der Waals surface area contributed by atoms with E-state index in [1.165, 1.54) is 0 Å². The SMILES string of the molecule is CCC(CNC(=O)Cc1cc(F)ccc1F)(C(=O)O)c1ccccc1. The molecule has 25 heavy (non-hydrogen) atoms. The first kappa shape index (κ1) is 18.6. The minimum atomic E-state index is -1.28. The first-order chi connectivity index (χ1) is 11.9. The van der Waals surface area contributed by atoms with E-state index in [9.17, 15) is 23.5 Å². The highest BCUT2D eigenvalue weighted by Gasteiger charge is 2.38. The number of nitrogens with one attached hydrogen (secondary N) is 1. The summed E-state index contributed by atoms with van der Waals surface area (Å²) in [5.74, 6) is -2.94. The van der Waals surface area contributed by atoms with Crippen molar-refractivity contribution in [2.75, 3.05) is 6.54 Å². The Morgan fingerprint density at radius 1 is 1.12 bits per heavy atom. The van der Waals surface area contributed by atoms with Crippen molar-refractivity contribution < 1.29 is 23.5 Å². The fourth-order valence-electron chi connectivity index (χ4n) is 2.70. The van der Waals surface area contributed by atoms with Crippen molar-refractivity contribution in [3.8, 4) is 0 Å². The van der Waals surface area contributed by atoms with Crippen molar-refractivity contribution in [3.05, 3.63) is 71.3 Å². The molecule has 0 fully saturated rings. The zero-order valence-electron chi connectivity index (χ0n) is 13.8. The summed E-state index contributed by atoms with van der Waals surface area (Å²) in [5.41, 5.74) is -0.783. The molecule has 0 aromatic heterocycles. The highest BCUT2D eigenvalue weighted by molar-refractivity contribution is 5.84. The number of aliphatic carboxylic acids is 1. The number of carbonyl (C=O) groups excluding carboxylic acids is 1. The molecular formula is C19H19F2NO3. The summed E-state index contributed by atoms with van der Waals surface area (Å²) in [4.78, 5) is 24.0. The molecular weight excluding hydrogens is 328 g/mol. The second kappa shape index (κ2) is 7.88. The van der Waals surface area contributed by atoms with Gasteiger partial charge in [-0.05, 0) is 30.2 Å². The molecule has 6 heteroatoms. The molecule has 0 aliphatic heterocycles. The number of carboxylic acids is 1. The number of rotatable bonds is 7. The average molecular weight is 347 g/mol. The van der Waals surface area contributed by atoms with Crippen molar-refractivity contribution in [2.24, 2.45) is 0 Å². The van der Waals surface area contributed by atoms with Gasteiger partial charge in [0, 0.05) is 12.1 Å². The topological polar surface area (TPSA) is 66.4 Å². The monoisotopic (exact) mass is 347 g/mol. The van der Waals surface area contributed by atoms with Crippen molar-refractivity contribution in [3.63, 3.8) is 0 Å². The maximum absolute atomic E-state index is 13.6. The Morgan fingerprint density at radius 3 is 2.40 bits per heavy atom. The third kappa shape index (κ3) is 4.21. The number of carboxylic acid groups (broad SMARTS) is 1. The van der Waals surface area contributed by atoms with Crippen LogP contribution in [0, 0.1) is 11.6 Å². The van der Waals surface area contributed by atoms with Gasteiger partial charge in [0.15, 0.2) is 0 Å². The van der Waals surface area contributed by atoms with Crippen LogP contribution in [0.2, 0.25) is 0 Å². The molecule has 132 valence electrons. The Kier molecular flexibility index (Phi) is 5.85. The van der Waals surface area contributed by atoms with E-state index in [-0.39, 0.29) is 24.9 Å². The van der Waals surface area contributed by atoms with Gasteiger partial charge in [0.2, 0.25) is 5.91 Å². The Labute approximate surface area is 144 Å². The van der Waals surface area contributed by atoms with Gasteiger partial charge < -0.3 is 10.4 Å². The summed E-state index contributed by atoms with van der Waals surface area (Å²) in [6, 6.07) is 11.5. The lowest BCUT2D eigenvalue weighted by Gasteiger charge is -2.29. The van der Waals surface area contributed by atoms with Crippen molar-refractivity contribution in [1.29, 1.82) is 0 Å². The first-order valence-electron chi connectivity index (χ1n) is 7.88. The number of carbonyl (C=O) groups is 2. The second-order valence-electron chi connectivity index (χ2n) is 5.80. The number of amides is 1. The first-order valence-corrected chi connectivity index (χ1v) is 7.88. The highest BCUT2D eigenvalue weighted by atomic mass is 19.1. The standard InChI is InChI=1S/C19H19F2NO3/c1-2-19(18(24)25,14-6-4-3-5-7-14)12-22-17(23)11-13-10-15(20)8-9-16(13)21/h3-10H,2,11-12H2,1H3,(H,22,23)(H,24,25). The quantitative estimate of drug-likeness (QED) is 0.809. The fourth-order valence-corrected chi connectivity index (χ4v) is 2.70. The van der Waals surface area contributed by atoms with Crippen molar-refractivity contribution in [2.45, 2.75) is 25.2 Å². The molecule has 0 heterocycles. The van der Waals surface area contributed by atoms with Crippen LogP contribution in [0.25, 0.3) is 0 Å². The van der Waals surface area contributed by atoms with Crippen LogP contribution in [0.4, 0.5) is 8.78 Å². The van der Waals surface area contributed by atoms with Gasteiger partial charge in [-0.15, -0.1) is 0 Å². The van der Waals surface area contributed by atoms with Crippen LogP contribution >= 0.6 is 0 Å². The zero-order valence-corrected chi connectivity index (χ0v) is 13.8. The molecule has 0 bridgehead atoms. The van der Waals surface area contributed by atoms with Gasteiger partial charge in [-0.1, -0.05) is 37.3 Å². The predicted octanol–water partition coefficient (Wildman–Crippen LogP) is 3.06. The van der Waals surface area contributed by atoms with E-state index in [2.05, 4.69) is 5.32 Å². The lowest BCUT2D eigenvalue weighted by Crippen LogP contribution is -2.46. The lowest BCUT2D eigenvalue weighted by atomic mass is 9.78. The second-order valence-corrected chi connectivity index (χ2v) is 5.80. The Balaban J connectivity index is 2.14. The predicted molar refractivity (Wildman–Crippen MR) is 89.1 cm³/mol. The van der Waals surface area contributed by atoms with E-state index >= 15 is 0 Å². The van der Waals surface area contributed by atoms with Crippen LogP contribution in [0.3, 0.4) is 0 Å². The molecule has 0 aliphatic carbocycles. The fraction of sp³-hybridized carbons (Fsp3) is 0.263.